The normalized spacial score (nSPS) is 11.6. The van der Waals surface area contributed by atoms with Gasteiger partial charge in [0.05, 0.1) is 5.69 Å². The molecule has 0 amide bonds. The Balaban J connectivity index is 1.77. The number of hydrogen-bond acceptors (Lipinski definition) is 3. The molecule has 0 aliphatic rings. The molecule has 0 fully saturated rings. The van der Waals surface area contributed by atoms with Gasteiger partial charge in [0.25, 0.3) is 0 Å². The average Bonchev–Trinajstić information content (AvgIpc) is 2.88. The Kier molecular flexibility index (Phi) is 6.28. The molecule has 24 heavy (non-hydrogen) atoms. The summed E-state index contributed by atoms with van der Waals surface area (Å²) in [6, 6.07) is 3.47. The van der Waals surface area contributed by atoms with Crippen LogP contribution >= 0.6 is 0 Å². The monoisotopic (exact) mass is 336 g/mol. The summed E-state index contributed by atoms with van der Waals surface area (Å²) in [5.41, 5.74) is 2.31. The van der Waals surface area contributed by atoms with Gasteiger partial charge in [-0.15, -0.1) is 0 Å². The summed E-state index contributed by atoms with van der Waals surface area (Å²) in [4.78, 5) is 4.11. The van der Waals surface area contributed by atoms with Crippen LogP contribution in [0, 0.1) is 25.5 Å². The lowest BCUT2D eigenvalue weighted by atomic mass is 10.1. The lowest BCUT2D eigenvalue weighted by Gasteiger charge is -2.12. The summed E-state index contributed by atoms with van der Waals surface area (Å²) in [7, 11) is 1.66. The molecule has 7 heteroatoms. The number of halogens is 2. The molecular formula is C17H22F2N4O. The Hall–Kier alpha value is -2.44. The van der Waals surface area contributed by atoms with Crippen molar-refractivity contribution in [2.45, 2.75) is 26.7 Å². The summed E-state index contributed by atoms with van der Waals surface area (Å²) in [6.07, 6.45) is 1.13. The van der Waals surface area contributed by atoms with Crippen LogP contribution in [0.3, 0.4) is 0 Å². The van der Waals surface area contributed by atoms with E-state index in [1.165, 1.54) is 6.07 Å². The Labute approximate surface area is 140 Å². The van der Waals surface area contributed by atoms with Crippen LogP contribution in [-0.2, 0) is 12.8 Å². The van der Waals surface area contributed by atoms with E-state index >= 15 is 0 Å². The first kappa shape index (κ1) is 17.9. The number of nitrogens with zero attached hydrogens (tertiary/aromatic N) is 2. The van der Waals surface area contributed by atoms with Crippen molar-refractivity contribution in [1.82, 2.24) is 15.8 Å². The van der Waals surface area contributed by atoms with Crippen LogP contribution in [0.5, 0.6) is 0 Å². The molecule has 2 N–H and O–H groups in total. The van der Waals surface area contributed by atoms with Crippen molar-refractivity contribution < 1.29 is 13.3 Å². The molecule has 0 unspecified atom stereocenters. The Bertz CT molecular complexity index is 693. The first-order valence-corrected chi connectivity index (χ1v) is 7.81. The van der Waals surface area contributed by atoms with Crippen LogP contribution in [0.4, 0.5) is 8.78 Å². The molecular weight excluding hydrogens is 314 g/mol. The second-order valence-electron chi connectivity index (χ2n) is 5.46. The molecule has 0 saturated carbocycles. The molecule has 1 aromatic carbocycles. The number of nitrogens with one attached hydrogen (secondary N) is 2. The SMILES string of the molecule is CN=C(NCCc1cc(F)ccc1F)NCCc1c(C)noc1C. The van der Waals surface area contributed by atoms with E-state index in [0.717, 1.165) is 35.6 Å². The fourth-order valence-electron chi connectivity index (χ4n) is 2.44. The third kappa shape index (κ3) is 4.78. The van der Waals surface area contributed by atoms with Crippen molar-refractivity contribution in [2.24, 2.45) is 4.99 Å². The van der Waals surface area contributed by atoms with Gasteiger partial charge in [0, 0.05) is 25.7 Å². The van der Waals surface area contributed by atoms with E-state index in [0.29, 0.717) is 31.0 Å². The van der Waals surface area contributed by atoms with Crippen molar-refractivity contribution in [3.05, 3.63) is 52.4 Å². The number of aryl methyl sites for hydroxylation is 2. The van der Waals surface area contributed by atoms with Gasteiger partial charge in [-0.1, -0.05) is 5.16 Å². The maximum atomic E-state index is 13.6. The molecule has 0 aliphatic heterocycles. The van der Waals surface area contributed by atoms with Crippen LogP contribution in [-0.4, -0.2) is 31.3 Å². The molecule has 0 atom stereocenters. The fraction of sp³-hybridized carbons (Fsp3) is 0.412. The quantitative estimate of drug-likeness (QED) is 0.628. The molecule has 0 saturated heterocycles. The topological polar surface area (TPSA) is 62.5 Å². The summed E-state index contributed by atoms with van der Waals surface area (Å²) in [6.45, 7) is 4.91. The van der Waals surface area contributed by atoms with E-state index in [4.69, 9.17) is 4.52 Å². The van der Waals surface area contributed by atoms with Gasteiger partial charge in [0.15, 0.2) is 5.96 Å². The molecule has 130 valence electrons. The number of guanidine groups is 1. The van der Waals surface area contributed by atoms with Gasteiger partial charge in [-0.25, -0.2) is 8.78 Å². The minimum absolute atomic E-state index is 0.341. The molecule has 1 aromatic heterocycles. The molecule has 0 spiro atoms. The average molecular weight is 336 g/mol. The molecule has 5 nitrogen and oxygen atoms in total. The van der Waals surface area contributed by atoms with Gasteiger partial charge < -0.3 is 15.2 Å². The van der Waals surface area contributed by atoms with Gasteiger partial charge in [0.1, 0.15) is 17.4 Å². The Morgan fingerprint density at radius 3 is 2.50 bits per heavy atom. The molecule has 2 aromatic rings. The van der Waals surface area contributed by atoms with Crippen LogP contribution in [0.25, 0.3) is 0 Å². The minimum Gasteiger partial charge on any atom is -0.361 e. The number of benzene rings is 1. The van der Waals surface area contributed by atoms with Gasteiger partial charge in [-0.2, -0.15) is 0 Å². The zero-order chi connectivity index (χ0) is 17.5. The molecule has 0 radical (unpaired) electrons. The lowest BCUT2D eigenvalue weighted by molar-refractivity contribution is 0.392. The van der Waals surface area contributed by atoms with E-state index in [1.54, 1.807) is 7.05 Å². The number of aromatic nitrogens is 1. The van der Waals surface area contributed by atoms with E-state index in [9.17, 15) is 8.78 Å². The third-order valence-corrected chi connectivity index (χ3v) is 3.77. The largest absolute Gasteiger partial charge is 0.361 e. The van der Waals surface area contributed by atoms with Crippen molar-refractivity contribution in [3.63, 3.8) is 0 Å². The highest BCUT2D eigenvalue weighted by Crippen LogP contribution is 2.12. The van der Waals surface area contributed by atoms with Gasteiger partial charge in [-0.05, 0) is 50.5 Å². The Morgan fingerprint density at radius 2 is 1.88 bits per heavy atom. The summed E-state index contributed by atoms with van der Waals surface area (Å²) >= 11 is 0. The van der Waals surface area contributed by atoms with E-state index < -0.39 is 11.6 Å². The van der Waals surface area contributed by atoms with Crippen molar-refractivity contribution in [3.8, 4) is 0 Å². The number of aliphatic imine (C=N–C) groups is 1. The van der Waals surface area contributed by atoms with Gasteiger partial charge in [-0.3, -0.25) is 4.99 Å². The summed E-state index contributed by atoms with van der Waals surface area (Å²) in [5.74, 6) is 0.588. The third-order valence-electron chi connectivity index (χ3n) is 3.77. The lowest BCUT2D eigenvalue weighted by Crippen LogP contribution is -2.39. The Morgan fingerprint density at radius 1 is 1.17 bits per heavy atom. The molecule has 0 bridgehead atoms. The molecule has 2 rings (SSSR count). The predicted octanol–water partition coefficient (Wildman–Crippen LogP) is 2.52. The number of hydrogen-bond donors (Lipinski definition) is 2. The number of rotatable bonds is 6. The van der Waals surface area contributed by atoms with Crippen LogP contribution in [0.15, 0.2) is 27.7 Å². The predicted molar refractivity (Wildman–Crippen MR) is 89.1 cm³/mol. The highest BCUT2D eigenvalue weighted by atomic mass is 19.1. The van der Waals surface area contributed by atoms with Gasteiger partial charge in [0.2, 0.25) is 0 Å². The second kappa shape index (κ2) is 8.42. The zero-order valence-corrected chi connectivity index (χ0v) is 14.1. The molecule has 1 heterocycles. The maximum absolute atomic E-state index is 13.6. The fourth-order valence-corrected chi connectivity index (χ4v) is 2.44. The molecule has 0 aliphatic carbocycles. The van der Waals surface area contributed by atoms with Gasteiger partial charge >= 0.3 is 0 Å². The van der Waals surface area contributed by atoms with Crippen molar-refractivity contribution >= 4 is 5.96 Å². The first-order valence-electron chi connectivity index (χ1n) is 7.81. The van der Waals surface area contributed by atoms with Crippen LogP contribution in [0.1, 0.15) is 22.6 Å². The highest BCUT2D eigenvalue weighted by molar-refractivity contribution is 5.79. The van der Waals surface area contributed by atoms with Crippen molar-refractivity contribution in [2.75, 3.05) is 20.1 Å². The van der Waals surface area contributed by atoms with E-state index in [1.807, 2.05) is 13.8 Å². The van der Waals surface area contributed by atoms with E-state index in [2.05, 4.69) is 20.8 Å². The maximum Gasteiger partial charge on any atom is 0.190 e. The standard InChI is InChI=1S/C17H22F2N4O/c1-11-15(12(2)24-23-11)7-9-22-17(20-3)21-8-6-13-10-14(18)4-5-16(13)19/h4-5,10H,6-9H2,1-3H3,(H2,20,21,22). The minimum atomic E-state index is -0.437. The van der Waals surface area contributed by atoms with Crippen LogP contribution < -0.4 is 10.6 Å². The smallest absolute Gasteiger partial charge is 0.190 e. The highest BCUT2D eigenvalue weighted by Gasteiger charge is 2.09. The summed E-state index contributed by atoms with van der Waals surface area (Å²) in [5, 5.41) is 10.2. The zero-order valence-electron chi connectivity index (χ0n) is 14.1. The van der Waals surface area contributed by atoms with E-state index in [-0.39, 0.29) is 0 Å². The summed E-state index contributed by atoms with van der Waals surface area (Å²) < 4.78 is 31.8. The van der Waals surface area contributed by atoms with Crippen LogP contribution in [0.2, 0.25) is 0 Å². The van der Waals surface area contributed by atoms with Crippen molar-refractivity contribution in [1.29, 1.82) is 0 Å². The first-order chi connectivity index (χ1) is 11.5. The second-order valence-corrected chi connectivity index (χ2v) is 5.46.